The van der Waals surface area contributed by atoms with E-state index in [4.69, 9.17) is 18.9 Å². The molecule has 4 N–H and O–H groups in total. The number of hydrogen-bond donors (Lipinski definition) is 4. The first-order chi connectivity index (χ1) is 21.1. The fourth-order valence-corrected chi connectivity index (χ4v) is 5.19. The number of carbonyl (C=O) groups is 2. The molecule has 230 valence electrons. The Bertz CT molecular complexity index is 1500. The molecule has 0 aliphatic heterocycles. The highest BCUT2D eigenvalue weighted by Crippen LogP contribution is 2.34. The van der Waals surface area contributed by atoms with Crippen molar-refractivity contribution in [3.63, 3.8) is 0 Å². The fraction of sp³-hybridized carbons (Fsp3) is 0.154. The summed E-state index contributed by atoms with van der Waals surface area (Å²) in [5.74, 6) is -1.72. The summed E-state index contributed by atoms with van der Waals surface area (Å²) in [4.78, 5) is 37.1. The standard InChI is InChI=1S/C24H22B3NO11S3.C2H6/c1-14(5-4-6-21(40-3)26(31)32)37-15-7-8-16(38-23(29)18-9-11-20(41-18)25(28-35)36-2)17(13-15)39-24(30)19-10-12-22(42-19)27(33)34;1-2/h4-13,31-34H,1H2,2-3H3;1-2H3/b5-4+,21-6-;. The lowest BCUT2D eigenvalue weighted by atomic mass is 9.83. The molecule has 0 aliphatic rings. The van der Waals surface area contributed by atoms with E-state index in [-0.39, 0.29) is 37.5 Å². The van der Waals surface area contributed by atoms with Crippen molar-refractivity contribution in [2.45, 2.75) is 13.8 Å². The van der Waals surface area contributed by atoms with Crippen LogP contribution in [0.1, 0.15) is 33.2 Å². The van der Waals surface area contributed by atoms with Crippen molar-refractivity contribution in [2.75, 3.05) is 13.4 Å². The molecule has 3 rings (SSSR count). The molecule has 0 atom stereocenters. The van der Waals surface area contributed by atoms with E-state index < -0.39 is 33.2 Å². The van der Waals surface area contributed by atoms with E-state index in [9.17, 15) is 34.6 Å². The Morgan fingerprint density at radius 3 is 2.02 bits per heavy atom. The van der Waals surface area contributed by atoms with Crippen molar-refractivity contribution < 1.29 is 48.6 Å². The summed E-state index contributed by atoms with van der Waals surface area (Å²) in [6, 6.07) is 9.67. The molecular formula is C26H28B3NO11S3. The van der Waals surface area contributed by atoms with Gasteiger partial charge in [-0.15, -0.1) is 34.4 Å². The highest BCUT2D eigenvalue weighted by atomic mass is 32.2. The lowest BCUT2D eigenvalue weighted by Crippen LogP contribution is -2.27. The van der Waals surface area contributed by atoms with E-state index in [1.165, 1.54) is 67.8 Å². The van der Waals surface area contributed by atoms with Gasteiger partial charge in [-0.05, 0) is 36.6 Å². The third-order valence-corrected chi connectivity index (χ3v) is 8.09. The minimum Gasteiger partial charge on any atom is -0.458 e. The maximum Gasteiger partial charge on any atom is 0.530 e. The van der Waals surface area contributed by atoms with Crippen LogP contribution in [0.15, 0.2) is 82.9 Å². The van der Waals surface area contributed by atoms with Crippen molar-refractivity contribution in [3.8, 4) is 17.2 Å². The minimum atomic E-state index is -1.77. The Labute approximate surface area is 267 Å². The second-order valence-corrected chi connectivity index (χ2v) is 11.0. The zero-order valence-electron chi connectivity index (χ0n) is 24.0. The number of ether oxygens (including phenoxy) is 3. The number of rotatable bonds is 14. The third-order valence-electron chi connectivity index (χ3n) is 5.08. The molecule has 0 fully saturated rings. The van der Waals surface area contributed by atoms with Gasteiger partial charge < -0.3 is 39.0 Å². The van der Waals surface area contributed by atoms with Gasteiger partial charge >= 0.3 is 33.2 Å². The second-order valence-electron chi connectivity index (χ2n) is 7.93. The lowest BCUT2D eigenvalue weighted by Gasteiger charge is -2.12. The summed E-state index contributed by atoms with van der Waals surface area (Å²) in [5.41, 5.74) is 0. The summed E-state index contributed by atoms with van der Waals surface area (Å²) >= 11 is 2.89. The molecule has 0 saturated carbocycles. The molecule has 3 aromatic rings. The molecule has 0 spiro atoms. The van der Waals surface area contributed by atoms with E-state index in [0.717, 1.165) is 34.4 Å². The number of benzene rings is 1. The van der Waals surface area contributed by atoms with Crippen LogP contribution in [-0.2, 0) is 4.65 Å². The summed E-state index contributed by atoms with van der Waals surface area (Å²) in [6.07, 6.45) is 6.11. The van der Waals surface area contributed by atoms with Gasteiger partial charge in [-0.25, -0.2) is 9.59 Å². The number of nitroso groups, excluding NO2 is 1. The number of hydrogen-bond acceptors (Lipinski definition) is 15. The van der Waals surface area contributed by atoms with E-state index in [0.29, 0.717) is 9.58 Å². The number of thioether (sulfide) groups is 1. The van der Waals surface area contributed by atoms with Crippen LogP contribution >= 0.6 is 34.4 Å². The molecule has 1 aromatic carbocycles. The zero-order valence-corrected chi connectivity index (χ0v) is 26.5. The van der Waals surface area contributed by atoms with Crippen LogP contribution in [0.5, 0.6) is 17.2 Å². The van der Waals surface area contributed by atoms with Crippen LogP contribution in [0.4, 0.5) is 0 Å². The van der Waals surface area contributed by atoms with Gasteiger partial charge in [0.25, 0.3) is 0 Å². The molecule has 18 heteroatoms. The maximum atomic E-state index is 12.9. The van der Waals surface area contributed by atoms with E-state index >= 15 is 0 Å². The van der Waals surface area contributed by atoms with Crippen molar-refractivity contribution in [1.82, 2.24) is 0 Å². The first-order valence-electron chi connectivity index (χ1n) is 12.7. The number of allylic oxidation sites excluding steroid dienone is 3. The van der Waals surface area contributed by atoms with Gasteiger partial charge in [0, 0.05) is 27.5 Å². The smallest absolute Gasteiger partial charge is 0.458 e. The first kappa shape index (κ1) is 36.7. The molecule has 12 nitrogen and oxygen atoms in total. The molecule has 0 aliphatic carbocycles. The largest absolute Gasteiger partial charge is 0.530 e. The normalized spacial score (nSPS) is 10.9. The minimum absolute atomic E-state index is 0.0476. The van der Waals surface area contributed by atoms with Crippen molar-refractivity contribution in [2.24, 2.45) is 5.09 Å². The number of esters is 2. The summed E-state index contributed by atoms with van der Waals surface area (Å²) in [7, 11) is -3.19. The average Bonchev–Trinajstić information content (AvgIpc) is 3.70. The first-order valence-corrected chi connectivity index (χ1v) is 15.6. The van der Waals surface area contributed by atoms with Crippen LogP contribution in [0.25, 0.3) is 0 Å². The highest BCUT2D eigenvalue weighted by Gasteiger charge is 2.25. The van der Waals surface area contributed by atoms with Gasteiger partial charge in [-0.2, -0.15) is 4.91 Å². The van der Waals surface area contributed by atoms with Gasteiger partial charge in [0.1, 0.15) is 21.3 Å². The molecule has 0 unspecified atom stereocenters. The zero-order chi connectivity index (χ0) is 32.8. The predicted molar refractivity (Wildman–Crippen MR) is 175 cm³/mol. The number of thiophene rings is 2. The second kappa shape index (κ2) is 18.4. The average molecular weight is 659 g/mol. The van der Waals surface area contributed by atoms with Gasteiger partial charge in [0.15, 0.2) is 11.5 Å². The Kier molecular flexibility index (Phi) is 15.3. The van der Waals surface area contributed by atoms with Crippen LogP contribution in [-0.4, -0.2) is 66.7 Å². The van der Waals surface area contributed by atoms with Crippen LogP contribution in [0.2, 0.25) is 0 Å². The lowest BCUT2D eigenvalue weighted by molar-refractivity contribution is 0.0687. The SMILES string of the molecule is C=C(/C=C/C=C(\SC)B(O)O)Oc1ccc(OC(=O)c2ccc(B(N=O)OC)s2)c(OC(=O)c2ccc(B(O)O)s2)c1.CC. The predicted octanol–water partition coefficient (Wildman–Crippen LogP) is 2.77. The van der Waals surface area contributed by atoms with E-state index in [1.54, 1.807) is 6.26 Å². The van der Waals surface area contributed by atoms with Crippen LogP contribution < -0.4 is 23.8 Å². The highest BCUT2D eigenvalue weighted by molar-refractivity contribution is 8.04. The fourth-order valence-electron chi connectivity index (χ4n) is 3.12. The molecule has 2 heterocycles. The Balaban J connectivity index is 0.00000330. The van der Waals surface area contributed by atoms with Gasteiger partial charge in [-0.3, -0.25) is 0 Å². The van der Waals surface area contributed by atoms with E-state index in [2.05, 4.69) is 11.7 Å². The molecule has 2 aromatic heterocycles. The molecule has 0 radical (unpaired) electrons. The quantitative estimate of drug-likeness (QED) is 0.0497. The van der Waals surface area contributed by atoms with Crippen molar-refractivity contribution in [1.29, 1.82) is 0 Å². The van der Waals surface area contributed by atoms with Crippen LogP contribution in [0.3, 0.4) is 0 Å². The van der Waals surface area contributed by atoms with Gasteiger partial charge in [0.05, 0.1) is 0 Å². The van der Waals surface area contributed by atoms with Gasteiger partial charge in [-0.1, -0.05) is 49.8 Å². The monoisotopic (exact) mass is 659 g/mol. The number of carbonyl (C=O) groups excluding carboxylic acids is 2. The molecule has 0 saturated heterocycles. The Hall–Kier alpha value is -3.48. The van der Waals surface area contributed by atoms with Crippen LogP contribution in [0, 0.1) is 4.91 Å². The topological polar surface area (TPSA) is 181 Å². The summed E-state index contributed by atoms with van der Waals surface area (Å²) < 4.78 is 22.1. The molecule has 44 heavy (non-hydrogen) atoms. The molecule has 0 amide bonds. The summed E-state index contributed by atoms with van der Waals surface area (Å²) in [6.45, 7) is 7.77. The maximum absolute atomic E-state index is 12.9. The van der Waals surface area contributed by atoms with Crippen molar-refractivity contribution in [3.05, 3.63) is 92.5 Å². The van der Waals surface area contributed by atoms with Gasteiger partial charge in [0.2, 0.25) is 0 Å². The third kappa shape index (κ3) is 10.6. The summed E-state index contributed by atoms with van der Waals surface area (Å²) in [5, 5.41) is 40.1. The van der Waals surface area contributed by atoms with Crippen molar-refractivity contribution >= 4 is 77.2 Å². The molecular weight excluding hydrogens is 631 g/mol. The Morgan fingerprint density at radius 1 is 0.909 bits per heavy atom. The molecule has 0 bridgehead atoms. The number of nitrogens with zero attached hydrogens (tertiary/aromatic N) is 1. The van der Waals surface area contributed by atoms with E-state index in [1.807, 2.05) is 13.8 Å². The Morgan fingerprint density at radius 2 is 1.50 bits per heavy atom.